The molecule has 1 heterocycles. The number of amides is 1. The molecule has 0 bridgehead atoms. The van der Waals surface area contributed by atoms with Gasteiger partial charge in [-0.05, 0) is 36.4 Å². The van der Waals surface area contributed by atoms with Crippen LogP contribution < -0.4 is 10.1 Å². The number of nitrogens with zero attached hydrogens (tertiary/aromatic N) is 1. The highest BCUT2D eigenvalue weighted by Crippen LogP contribution is 2.26. The molecule has 0 atom stereocenters. The van der Waals surface area contributed by atoms with E-state index in [1.54, 1.807) is 42.6 Å². The summed E-state index contributed by atoms with van der Waals surface area (Å²) in [5, 5.41) is 3.35. The number of carbonyl (C=O) groups is 1. The van der Waals surface area contributed by atoms with E-state index in [4.69, 9.17) is 27.9 Å². The number of anilines is 1. The van der Waals surface area contributed by atoms with Crippen molar-refractivity contribution < 1.29 is 9.53 Å². The van der Waals surface area contributed by atoms with Crippen LogP contribution in [-0.2, 0) is 6.61 Å². The molecule has 126 valence electrons. The molecule has 2 aromatic carbocycles. The van der Waals surface area contributed by atoms with E-state index in [1.165, 1.54) is 0 Å². The van der Waals surface area contributed by atoms with Gasteiger partial charge in [-0.3, -0.25) is 9.78 Å². The smallest absolute Gasteiger partial charge is 0.257 e. The summed E-state index contributed by atoms with van der Waals surface area (Å²) in [6.45, 7) is 0.346. The topological polar surface area (TPSA) is 51.2 Å². The predicted molar refractivity (Wildman–Crippen MR) is 99.4 cm³/mol. The van der Waals surface area contributed by atoms with Crippen molar-refractivity contribution in [1.82, 2.24) is 4.98 Å². The third-order valence-electron chi connectivity index (χ3n) is 3.40. The molecule has 0 saturated heterocycles. The number of hydrogen-bond donors (Lipinski definition) is 1. The van der Waals surface area contributed by atoms with E-state index in [0.29, 0.717) is 28.6 Å². The van der Waals surface area contributed by atoms with Crippen LogP contribution in [0.2, 0.25) is 10.0 Å². The molecular formula is C19H14Cl2N2O2. The lowest BCUT2D eigenvalue weighted by molar-refractivity contribution is 0.102. The first-order valence-electron chi connectivity index (χ1n) is 7.51. The number of hydrogen-bond acceptors (Lipinski definition) is 3. The van der Waals surface area contributed by atoms with Crippen molar-refractivity contribution in [3.05, 3.63) is 88.2 Å². The number of rotatable bonds is 5. The minimum atomic E-state index is -0.339. The van der Waals surface area contributed by atoms with Gasteiger partial charge in [0.15, 0.2) is 0 Å². The van der Waals surface area contributed by atoms with E-state index in [0.717, 1.165) is 5.69 Å². The van der Waals surface area contributed by atoms with E-state index >= 15 is 0 Å². The first kappa shape index (κ1) is 17.3. The maximum atomic E-state index is 12.4. The Bertz CT molecular complexity index is 886. The molecule has 0 unspecified atom stereocenters. The Morgan fingerprint density at radius 3 is 2.68 bits per heavy atom. The minimum absolute atomic E-state index is 0.226. The Kier molecular flexibility index (Phi) is 5.53. The normalized spacial score (nSPS) is 10.3. The summed E-state index contributed by atoms with van der Waals surface area (Å²) < 4.78 is 5.70. The lowest BCUT2D eigenvalue weighted by atomic mass is 10.2. The number of ether oxygens (including phenoxy) is 1. The molecule has 0 fully saturated rings. The van der Waals surface area contributed by atoms with Gasteiger partial charge in [0, 0.05) is 18.0 Å². The Morgan fingerprint density at radius 1 is 1.04 bits per heavy atom. The molecule has 1 amide bonds. The highest BCUT2D eigenvalue weighted by Gasteiger charge is 2.13. The first-order valence-corrected chi connectivity index (χ1v) is 8.27. The number of benzene rings is 2. The molecule has 1 aromatic heterocycles. The summed E-state index contributed by atoms with van der Waals surface area (Å²) in [4.78, 5) is 16.6. The average Bonchev–Trinajstić information content (AvgIpc) is 2.63. The van der Waals surface area contributed by atoms with Crippen LogP contribution in [0.3, 0.4) is 0 Å². The fraction of sp³-hybridized carbons (Fsp3) is 0.0526. The van der Waals surface area contributed by atoms with Crippen LogP contribution in [0, 0.1) is 0 Å². The molecule has 0 spiro atoms. The van der Waals surface area contributed by atoms with Gasteiger partial charge >= 0.3 is 0 Å². The summed E-state index contributed by atoms with van der Waals surface area (Å²) in [6, 6.07) is 17.7. The van der Waals surface area contributed by atoms with Crippen LogP contribution in [0.4, 0.5) is 5.69 Å². The van der Waals surface area contributed by atoms with Crippen LogP contribution in [0.15, 0.2) is 66.9 Å². The van der Waals surface area contributed by atoms with Gasteiger partial charge in [-0.2, -0.15) is 0 Å². The van der Waals surface area contributed by atoms with Crippen molar-refractivity contribution in [3.8, 4) is 5.75 Å². The fourth-order valence-corrected chi connectivity index (χ4v) is 2.57. The molecule has 0 radical (unpaired) electrons. The second-order valence-corrected chi connectivity index (χ2v) is 5.98. The van der Waals surface area contributed by atoms with Gasteiger partial charge in [-0.25, -0.2) is 0 Å². The zero-order chi connectivity index (χ0) is 17.6. The molecule has 6 heteroatoms. The molecule has 0 aliphatic rings. The number of nitrogens with one attached hydrogen (secondary N) is 1. The third kappa shape index (κ3) is 4.50. The summed E-state index contributed by atoms with van der Waals surface area (Å²) in [7, 11) is 0. The SMILES string of the molecule is O=C(Nc1cccc(OCc2ccccn2)c1)c1cccc(Cl)c1Cl. The maximum absolute atomic E-state index is 12.4. The Balaban J connectivity index is 1.69. The van der Waals surface area contributed by atoms with Crippen molar-refractivity contribution in [1.29, 1.82) is 0 Å². The molecular weight excluding hydrogens is 359 g/mol. The lowest BCUT2D eigenvalue weighted by Gasteiger charge is -2.10. The number of carbonyl (C=O) groups excluding carboxylic acids is 1. The molecule has 25 heavy (non-hydrogen) atoms. The number of aromatic nitrogens is 1. The number of halogens is 2. The van der Waals surface area contributed by atoms with Gasteiger partial charge in [0.25, 0.3) is 5.91 Å². The second-order valence-electron chi connectivity index (χ2n) is 5.19. The molecule has 0 aliphatic carbocycles. The van der Waals surface area contributed by atoms with Crippen molar-refractivity contribution in [2.75, 3.05) is 5.32 Å². The molecule has 0 aliphatic heterocycles. The molecule has 1 N–H and O–H groups in total. The van der Waals surface area contributed by atoms with Crippen LogP contribution in [-0.4, -0.2) is 10.9 Å². The number of pyridine rings is 1. The predicted octanol–water partition coefficient (Wildman–Crippen LogP) is 5.22. The fourth-order valence-electron chi connectivity index (χ4n) is 2.18. The highest BCUT2D eigenvalue weighted by atomic mass is 35.5. The highest BCUT2D eigenvalue weighted by molar-refractivity contribution is 6.44. The van der Waals surface area contributed by atoms with Gasteiger partial charge < -0.3 is 10.1 Å². The monoisotopic (exact) mass is 372 g/mol. The average molecular weight is 373 g/mol. The van der Waals surface area contributed by atoms with E-state index < -0.39 is 0 Å². The summed E-state index contributed by atoms with van der Waals surface area (Å²) in [6.07, 6.45) is 1.71. The summed E-state index contributed by atoms with van der Waals surface area (Å²) >= 11 is 12.0. The van der Waals surface area contributed by atoms with E-state index in [2.05, 4.69) is 10.3 Å². The minimum Gasteiger partial charge on any atom is -0.487 e. The largest absolute Gasteiger partial charge is 0.487 e. The van der Waals surface area contributed by atoms with Gasteiger partial charge in [0.2, 0.25) is 0 Å². The molecule has 3 rings (SSSR count). The van der Waals surface area contributed by atoms with Crippen molar-refractivity contribution in [2.24, 2.45) is 0 Å². The Labute approximate surface area is 155 Å². The van der Waals surface area contributed by atoms with E-state index in [-0.39, 0.29) is 10.9 Å². The molecule has 3 aromatic rings. The Morgan fingerprint density at radius 2 is 1.88 bits per heavy atom. The lowest BCUT2D eigenvalue weighted by Crippen LogP contribution is -2.12. The van der Waals surface area contributed by atoms with Gasteiger partial charge in [0.1, 0.15) is 12.4 Å². The van der Waals surface area contributed by atoms with Gasteiger partial charge in [-0.15, -0.1) is 0 Å². The van der Waals surface area contributed by atoms with E-state index in [1.807, 2.05) is 24.3 Å². The van der Waals surface area contributed by atoms with Crippen molar-refractivity contribution >= 4 is 34.8 Å². The summed E-state index contributed by atoms with van der Waals surface area (Å²) in [5.41, 5.74) is 1.73. The quantitative estimate of drug-likeness (QED) is 0.667. The third-order valence-corrected chi connectivity index (χ3v) is 4.22. The van der Waals surface area contributed by atoms with Crippen LogP contribution in [0.1, 0.15) is 16.1 Å². The maximum Gasteiger partial charge on any atom is 0.257 e. The zero-order valence-corrected chi connectivity index (χ0v) is 14.6. The molecule has 4 nitrogen and oxygen atoms in total. The molecule has 0 saturated carbocycles. The van der Waals surface area contributed by atoms with Gasteiger partial charge in [0.05, 0.1) is 21.3 Å². The van der Waals surface area contributed by atoms with Gasteiger partial charge in [-0.1, -0.05) is 41.4 Å². The Hall–Kier alpha value is -2.56. The second kappa shape index (κ2) is 8.01. The standard InChI is InChI=1S/C19H14Cl2N2O2/c20-17-9-4-8-16(18(17)21)19(24)23-13-6-3-7-15(11-13)25-12-14-5-1-2-10-22-14/h1-11H,12H2,(H,23,24). The first-order chi connectivity index (χ1) is 12.1. The van der Waals surface area contributed by atoms with Crippen LogP contribution in [0.25, 0.3) is 0 Å². The van der Waals surface area contributed by atoms with Crippen LogP contribution in [0.5, 0.6) is 5.75 Å². The summed E-state index contributed by atoms with van der Waals surface area (Å²) in [5.74, 6) is 0.287. The van der Waals surface area contributed by atoms with Crippen molar-refractivity contribution in [3.63, 3.8) is 0 Å². The van der Waals surface area contributed by atoms with E-state index in [9.17, 15) is 4.79 Å². The van der Waals surface area contributed by atoms with Crippen molar-refractivity contribution in [2.45, 2.75) is 6.61 Å². The van der Waals surface area contributed by atoms with Crippen LogP contribution >= 0.6 is 23.2 Å². The zero-order valence-electron chi connectivity index (χ0n) is 13.1.